The van der Waals surface area contributed by atoms with Crippen molar-refractivity contribution in [1.29, 1.82) is 0 Å². The fraction of sp³-hybridized carbons (Fsp3) is 0.421. The van der Waals surface area contributed by atoms with Crippen LogP contribution in [0.25, 0.3) is 0 Å². The van der Waals surface area contributed by atoms with Gasteiger partial charge in [-0.15, -0.1) is 0 Å². The highest BCUT2D eigenvalue weighted by Gasteiger charge is 2.53. The minimum absolute atomic E-state index is 0.294. The number of benzene rings is 1. The van der Waals surface area contributed by atoms with Crippen molar-refractivity contribution in [3.63, 3.8) is 0 Å². The van der Waals surface area contributed by atoms with Crippen molar-refractivity contribution in [3.05, 3.63) is 48.0 Å². The fourth-order valence-electron chi connectivity index (χ4n) is 2.85. The van der Waals surface area contributed by atoms with Crippen LogP contribution in [0.5, 0.6) is 0 Å². The summed E-state index contributed by atoms with van der Waals surface area (Å²) in [4.78, 5) is 35.1. The van der Waals surface area contributed by atoms with Gasteiger partial charge in [-0.2, -0.15) is 0 Å². The van der Waals surface area contributed by atoms with Gasteiger partial charge < -0.3 is 24.1 Å². The van der Waals surface area contributed by atoms with Gasteiger partial charge in [0.05, 0.1) is 5.56 Å². The van der Waals surface area contributed by atoms with Gasteiger partial charge in [-0.3, -0.25) is 9.59 Å². The number of carbonyl (C=O) groups is 3. The van der Waals surface area contributed by atoms with Crippen LogP contribution in [0.3, 0.4) is 0 Å². The minimum atomic E-state index is -1.96. The zero-order chi connectivity index (χ0) is 20.0. The molecule has 8 heteroatoms. The predicted molar refractivity (Wildman–Crippen MR) is 92.7 cm³/mol. The molecule has 2 rings (SSSR count). The molecule has 0 radical (unpaired) electrons. The van der Waals surface area contributed by atoms with Crippen LogP contribution in [-0.2, 0) is 28.5 Å². The average Bonchev–Trinajstić information content (AvgIpc) is 2.63. The van der Waals surface area contributed by atoms with Gasteiger partial charge >= 0.3 is 17.9 Å². The van der Waals surface area contributed by atoms with Crippen LogP contribution in [0.1, 0.15) is 24.2 Å². The van der Waals surface area contributed by atoms with E-state index in [4.69, 9.17) is 18.9 Å². The molecule has 146 valence electrons. The summed E-state index contributed by atoms with van der Waals surface area (Å²) in [6.45, 7) is 1.80. The molecule has 0 heterocycles. The van der Waals surface area contributed by atoms with Gasteiger partial charge in [-0.25, -0.2) is 4.79 Å². The van der Waals surface area contributed by atoms with E-state index in [1.54, 1.807) is 30.3 Å². The molecule has 0 aliphatic heterocycles. The monoisotopic (exact) mass is 378 g/mol. The zero-order valence-corrected chi connectivity index (χ0v) is 15.3. The van der Waals surface area contributed by atoms with Crippen molar-refractivity contribution in [2.45, 2.75) is 37.8 Å². The van der Waals surface area contributed by atoms with Crippen molar-refractivity contribution in [3.8, 4) is 0 Å². The maximum absolute atomic E-state index is 12.2. The van der Waals surface area contributed by atoms with Crippen LogP contribution >= 0.6 is 0 Å². The van der Waals surface area contributed by atoms with Gasteiger partial charge in [0.15, 0.2) is 17.8 Å². The topological polar surface area (TPSA) is 108 Å². The summed E-state index contributed by atoms with van der Waals surface area (Å²) < 4.78 is 20.8. The summed E-state index contributed by atoms with van der Waals surface area (Å²) in [5, 5.41) is 11.2. The van der Waals surface area contributed by atoms with Crippen LogP contribution in [-0.4, -0.2) is 60.6 Å². The van der Waals surface area contributed by atoms with Crippen LogP contribution in [0.2, 0.25) is 0 Å². The minimum Gasteiger partial charge on any atom is -0.459 e. The fourth-order valence-corrected chi connectivity index (χ4v) is 2.85. The molecule has 8 nitrogen and oxygen atoms in total. The molecule has 27 heavy (non-hydrogen) atoms. The maximum Gasteiger partial charge on any atom is 0.338 e. The van der Waals surface area contributed by atoms with E-state index < -0.39 is 48.4 Å². The molecule has 0 saturated carbocycles. The normalized spacial score (nSPS) is 26.9. The number of methoxy groups -OCH3 is 1. The Morgan fingerprint density at radius 1 is 1.04 bits per heavy atom. The number of carbonyl (C=O) groups excluding carboxylic acids is 3. The van der Waals surface area contributed by atoms with Crippen molar-refractivity contribution in [2.24, 2.45) is 0 Å². The molecule has 0 amide bonds. The molecule has 1 aliphatic carbocycles. The second-order valence-corrected chi connectivity index (χ2v) is 6.08. The number of ether oxygens (including phenoxy) is 4. The Balaban J connectivity index is 2.27. The molecule has 1 aromatic carbocycles. The second-order valence-electron chi connectivity index (χ2n) is 6.08. The van der Waals surface area contributed by atoms with Crippen molar-refractivity contribution in [1.82, 2.24) is 0 Å². The first-order chi connectivity index (χ1) is 12.8. The molecule has 1 N–H and O–H groups in total. The Hall–Kier alpha value is -2.71. The third kappa shape index (κ3) is 4.93. The lowest BCUT2D eigenvalue weighted by Crippen LogP contribution is -2.63. The average molecular weight is 378 g/mol. The molecular formula is C19H22O8. The summed E-state index contributed by atoms with van der Waals surface area (Å²) in [5.41, 5.74) is -1.67. The van der Waals surface area contributed by atoms with Crippen molar-refractivity contribution < 1.29 is 38.4 Å². The number of hydrogen-bond donors (Lipinski definition) is 1. The molecule has 0 spiro atoms. The third-order valence-electron chi connectivity index (χ3n) is 4.05. The van der Waals surface area contributed by atoms with Crippen LogP contribution in [0, 0.1) is 0 Å². The standard InChI is InChI=1S/C19H22O8/c1-12(20)26-15-9-10-16(24-3)19(23,17(15)27-13(2)21)11-25-18(22)14-7-5-4-6-8-14/h4-10,15-17,23H,11H2,1-3H3/t15-,16-,17+,19-/m0/s1. The van der Waals surface area contributed by atoms with Crippen LogP contribution < -0.4 is 0 Å². The Kier molecular flexibility index (Phi) is 6.70. The van der Waals surface area contributed by atoms with E-state index in [0.29, 0.717) is 5.56 Å². The summed E-state index contributed by atoms with van der Waals surface area (Å²) in [6.07, 6.45) is -0.423. The highest BCUT2D eigenvalue weighted by Crippen LogP contribution is 2.32. The van der Waals surface area contributed by atoms with Gasteiger partial charge in [0.2, 0.25) is 0 Å². The molecule has 0 unspecified atom stereocenters. The third-order valence-corrected chi connectivity index (χ3v) is 4.05. The van der Waals surface area contributed by atoms with E-state index in [1.807, 2.05) is 0 Å². The molecule has 0 fully saturated rings. The number of aliphatic hydroxyl groups is 1. The lowest BCUT2D eigenvalue weighted by atomic mass is 9.82. The van der Waals surface area contributed by atoms with Crippen molar-refractivity contribution in [2.75, 3.05) is 13.7 Å². The molecule has 0 bridgehead atoms. The van der Waals surface area contributed by atoms with Gasteiger partial charge in [0.1, 0.15) is 12.7 Å². The Morgan fingerprint density at radius 3 is 2.22 bits per heavy atom. The predicted octanol–water partition coefficient (Wildman–Crippen LogP) is 1.02. The van der Waals surface area contributed by atoms with Gasteiger partial charge in [-0.05, 0) is 18.2 Å². The van der Waals surface area contributed by atoms with E-state index in [2.05, 4.69) is 0 Å². The molecule has 0 aromatic heterocycles. The smallest absolute Gasteiger partial charge is 0.338 e. The number of rotatable bonds is 6. The number of esters is 3. The number of hydrogen-bond acceptors (Lipinski definition) is 8. The van der Waals surface area contributed by atoms with Gasteiger partial charge in [0, 0.05) is 21.0 Å². The van der Waals surface area contributed by atoms with Crippen LogP contribution in [0.4, 0.5) is 0 Å². The summed E-state index contributed by atoms with van der Waals surface area (Å²) in [7, 11) is 1.34. The van der Waals surface area contributed by atoms with Crippen molar-refractivity contribution >= 4 is 17.9 Å². The summed E-state index contributed by atoms with van der Waals surface area (Å²) in [5.74, 6) is -1.99. The van der Waals surface area contributed by atoms with E-state index in [-0.39, 0.29) is 0 Å². The Labute approximate surface area is 156 Å². The maximum atomic E-state index is 12.2. The molecule has 1 aromatic rings. The van der Waals surface area contributed by atoms with E-state index >= 15 is 0 Å². The van der Waals surface area contributed by atoms with Gasteiger partial charge in [0.25, 0.3) is 0 Å². The van der Waals surface area contributed by atoms with E-state index in [1.165, 1.54) is 26.2 Å². The van der Waals surface area contributed by atoms with E-state index in [9.17, 15) is 19.5 Å². The highest BCUT2D eigenvalue weighted by atomic mass is 16.6. The Bertz CT molecular complexity index is 714. The van der Waals surface area contributed by atoms with Gasteiger partial charge in [-0.1, -0.05) is 24.3 Å². The highest BCUT2D eigenvalue weighted by molar-refractivity contribution is 5.89. The first-order valence-corrected chi connectivity index (χ1v) is 8.28. The lowest BCUT2D eigenvalue weighted by molar-refractivity contribution is -0.214. The van der Waals surface area contributed by atoms with E-state index in [0.717, 1.165) is 6.92 Å². The lowest BCUT2D eigenvalue weighted by Gasteiger charge is -2.43. The molecule has 1 aliphatic rings. The Morgan fingerprint density at radius 2 is 1.67 bits per heavy atom. The molecule has 4 atom stereocenters. The quantitative estimate of drug-likeness (QED) is 0.444. The summed E-state index contributed by atoms with van der Waals surface area (Å²) >= 11 is 0. The summed E-state index contributed by atoms with van der Waals surface area (Å²) in [6, 6.07) is 8.21. The SMILES string of the molecule is CO[C@H]1C=C[C@H](OC(C)=O)[C@@H](OC(C)=O)[C@]1(O)COC(=O)c1ccccc1. The first kappa shape index (κ1) is 20.6. The molecule has 0 saturated heterocycles. The largest absolute Gasteiger partial charge is 0.459 e. The second kappa shape index (κ2) is 8.79. The zero-order valence-electron chi connectivity index (χ0n) is 15.3. The van der Waals surface area contributed by atoms with Crippen LogP contribution in [0.15, 0.2) is 42.5 Å². The first-order valence-electron chi connectivity index (χ1n) is 8.28. The molecular weight excluding hydrogens is 356 g/mol.